The molecular formula is C9H15NO3. The van der Waals surface area contributed by atoms with Crippen molar-refractivity contribution in [2.24, 2.45) is 0 Å². The van der Waals surface area contributed by atoms with Crippen LogP contribution in [-0.4, -0.2) is 47.8 Å². The number of carbonyl (C=O) groups excluding carboxylic acids is 1. The van der Waals surface area contributed by atoms with E-state index in [1.807, 2.05) is 4.90 Å². The molecule has 0 spiro atoms. The first-order valence-electron chi connectivity index (χ1n) is 4.86. The summed E-state index contributed by atoms with van der Waals surface area (Å²) in [6.07, 6.45) is 2.32. The Morgan fingerprint density at radius 1 is 1.54 bits per heavy atom. The number of hydrogen-bond donors (Lipinski definition) is 1. The van der Waals surface area contributed by atoms with E-state index < -0.39 is 0 Å². The third kappa shape index (κ3) is 1.84. The lowest BCUT2D eigenvalue weighted by atomic mass is 10.2. The van der Waals surface area contributed by atoms with E-state index in [4.69, 9.17) is 9.84 Å². The molecule has 1 heterocycles. The molecule has 4 nitrogen and oxygen atoms in total. The van der Waals surface area contributed by atoms with E-state index in [-0.39, 0.29) is 18.6 Å². The number of aliphatic hydroxyl groups is 1. The number of hydrogen-bond acceptors (Lipinski definition) is 3. The minimum Gasteiger partial charge on any atom is -0.396 e. The first-order chi connectivity index (χ1) is 6.33. The Bertz CT molecular complexity index is 201. The molecule has 1 aliphatic heterocycles. The van der Waals surface area contributed by atoms with E-state index in [1.54, 1.807) is 0 Å². The van der Waals surface area contributed by atoms with Gasteiger partial charge in [-0.3, -0.25) is 4.79 Å². The van der Waals surface area contributed by atoms with Gasteiger partial charge in [0, 0.05) is 25.6 Å². The van der Waals surface area contributed by atoms with Crippen molar-refractivity contribution >= 4 is 5.91 Å². The fourth-order valence-corrected chi connectivity index (χ4v) is 1.73. The molecule has 1 unspecified atom stereocenters. The number of rotatable bonds is 3. The van der Waals surface area contributed by atoms with Gasteiger partial charge in [0.25, 0.3) is 5.91 Å². The molecule has 1 N–H and O–H groups in total. The maximum Gasteiger partial charge on any atom is 0.252 e. The van der Waals surface area contributed by atoms with Gasteiger partial charge in [0.15, 0.2) is 0 Å². The summed E-state index contributed by atoms with van der Waals surface area (Å²) in [5.41, 5.74) is 0. The third-order valence-corrected chi connectivity index (χ3v) is 2.59. The summed E-state index contributed by atoms with van der Waals surface area (Å²) in [5.74, 6) is 0.0720. The van der Waals surface area contributed by atoms with E-state index in [9.17, 15) is 4.79 Å². The van der Waals surface area contributed by atoms with Gasteiger partial charge in [-0.1, -0.05) is 0 Å². The lowest BCUT2D eigenvalue weighted by Gasteiger charge is -2.32. The van der Waals surface area contributed by atoms with Crippen LogP contribution in [-0.2, 0) is 9.53 Å². The molecule has 2 rings (SSSR count). The number of nitrogens with zero attached hydrogens (tertiary/aromatic N) is 1. The van der Waals surface area contributed by atoms with Crippen molar-refractivity contribution in [3.8, 4) is 0 Å². The molecule has 1 atom stereocenters. The lowest BCUT2D eigenvalue weighted by Crippen LogP contribution is -2.48. The third-order valence-electron chi connectivity index (χ3n) is 2.59. The van der Waals surface area contributed by atoms with Gasteiger partial charge in [0.2, 0.25) is 0 Å². The Kier molecular flexibility index (Phi) is 2.51. The fraction of sp³-hybridized carbons (Fsp3) is 0.889. The monoisotopic (exact) mass is 185 g/mol. The minimum atomic E-state index is -0.389. The number of amides is 1. The van der Waals surface area contributed by atoms with Crippen LogP contribution in [0.15, 0.2) is 0 Å². The Hall–Kier alpha value is -0.610. The summed E-state index contributed by atoms with van der Waals surface area (Å²) in [4.78, 5) is 13.6. The molecule has 1 saturated carbocycles. The van der Waals surface area contributed by atoms with E-state index in [1.165, 1.54) is 0 Å². The van der Waals surface area contributed by atoms with Crippen LogP contribution in [0.25, 0.3) is 0 Å². The minimum absolute atomic E-state index is 0.0227. The first-order valence-corrected chi connectivity index (χ1v) is 4.86. The zero-order chi connectivity index (χ0) is 9.26. The predicted octanol–water partition coefficient (Wildman–Crippen LogP) is -0.241. The highest BCUT2D eigenvalue weighted by Gasteiger charge is 2.38. The first kappa shape index (κ1) is 8.97. The smallest absolute Gasteiger partial charge is 0.252 e. The van der Waals surface area contributed by atoms with Gasteiger partial charge in [-0.05, 0) is 12.8 Å². The summed E-state index contributed by atoms with van der Waals surface area (Å²) >= 11 is 0. The highest BCUT2D eigenvalue weighted by atomic mass is 16.5. The van der Waals surface area contributed by atoms with Crippen molar-refractivity contribution in [2.75, 3.05) is 19.8 Å². The van der Waals surface area contributed by atoms with Crippen LogP contribution in [0.2, 0.25) is 0 Å². The second-order valence-corrected chi connectivity index (χ2v) is 3.63. The molecule has 1 aliphatic carbocycles. The maximum atomic E-state index is 11.7. The van der Waals surface area contributed by atoms with Crippen molar-refractivity contribution in [2.45, 2.75) is 31.4 Å². The topological polar surface area (TPSA) is 49.8 Å². The van der Waals surface area contributed by atoms with Crippen LogP contribution in [0.1, 0.15) is 19.3 Å². The average Bonchev–Trinajstić information content (AvgIpc) is 2.92. The SMILES string of the molecule is O=C1C(CCO)OCCN1C1CC1. The van der Waals surface area contributed by atoms with Gasteiger partial charge in [-0.2, -0.15) is 0 Å². The molecule has 0 radical (unpaired) electrons. The van der Waals surface area contributed by atoms with Crippen LogP contribution >= 0.6 is 0 Å². The van der Waals surface area contributed by atoms with E-state index in [0.717, 1.165) is 19.4 Å². The summed E-state index contributed by atoms with van der Waals surface area (Å²) in [6, 6.07) is 0.470. The summed E-state index contributed by atoms with van der Waals surface area (Å²) in [6.45, 7) is 1.37. The van der Waals surface area contributed by atoms with Crippen LogP contribution in [0.3, 0.4) is 0 Å². The van der Waals surface area contributed by atoms with E-state index >= 15 is 0 Å². The van der Waals surface area contributed by atoms with Gasteiger partial charge in [-0.25, -0.2) is 0 Å². The Labute approximate surface area is 77.5 Å². The summed E-state index contributed by atoms with van der Waals surface area (Å²) in [7, 11) is 0. The molecule has 2 aliphatic rings. The zero-order valence-electron chi connectivity index (χ0n) is 7.61. The largest absolute Gasteiger partial charge is 0.396 e. The molecule has 4 heteroatoms. The number of carbonyl (C=O) groups is 1. The summed E-state index contributed by atoms with van der Waals surface area (Å²) < 4.78 is 5.29. The molecule has 1 amide bonds. The molecule has 0 aromatic carbocycles. The van der Waals surface area contributed by atoms with Gasteiger partial charge in [0.1, 0.15) is 6.10 Å². The van der Waals surface area contributed by atoms with Crippen LogP contribution in [0, 0.1) is 0 Å². The molecular weight excluding hydrogens is 170 g/mol. The lowest BCUT2D eigenvalue weighted by molar-refractivity contribution is -0.154. The fourth-order valence-electron chi connectivity index (χ4n) is 1.73. The molecule has 0 aromatic rings. The molecule has 13 heavy (non-hydrogen) atoms. The molecule has 1 saturated heterocycles. The van der Waals surface area contributed by atoms with Gasteiger partial charge in [-0.15, -0.1) is 0 Å². The molecule has 2 fully saturated rings. The summed E-state index contributed by atoms with van der Waals surface area (Å²) in [5, 5.41) is 8.73. The number of aliphatic hydroxyl groups excluding tert-OH is 1. The number of morpholine rings is 1. The molecule has 74 valence electrons. The van der Waals surface area contributed by atoms with E-state index in [2.05, 4.69) is 0 Å². The Morgan fingerprint density at radius 3 is 2.92 bits per heavy atom. The van der Waals surface area contributed by atoms with Gasteiger partial charge < -0.3 is 14.7 Å². The van der Waals surface area contributed by atoms with Crippen molar-refractivity contribution in [1.82, 2.24) is 4.90 Å². The second kappa shape index (κ2) is 3.64. The van der Waals surface area contributed by atoms with Crippen LogP contribution in [0.4, 0.5) is 0 Å². The highest BCUT2D eigenvalue weighted by Crippen LogP contribution is 2.29. The van der Waals surface area contributed by atoms with Gasteiger partial charge in [0.05, 0.1) is 6.61 Å². The average molecular weight is 185 g/mol. The Morgan fingerprint density at radius 2 is 2.31 bits per heavy atom. The van der Waals surface area contributed by atoms with Crippen LogP contribution < -0.4 is 0 Å². The number of ether oxygens (including phenoxy) is 1. The van der Waals surface area contributed by atoms with E-state index in [0.29, 0.717) is 19.1 Å². The maximum absolute atomic E-state index is 11.7. The van der Waals surface area contributed by atoms with Crippen molar-refractivity contribution in [3.63, 3.8) is 0 Å². The van der Waals surface area contributed by atoms with Crippen molar-refractivity contribution in [1.29, 1.82) is 0 Å². The normalized spacial score (nSPS) is 29.5. The molecule has 0 aromatic heterocycles. The Balaban J connectivity index is 1.94. The molecule has 0 bridgehead atoms. The zero-order valence-corrected chi connectivity index (χ0v) is 7.61. The quantitative estimate of drug-likeness (QED) is 0.660. The standard InChI is InChI=1S/C9H15NO3/c11-5-3-8-9(12)10(4-6-13-8)7-1-2-7/h7-8,11H,1-6H2. The van der Waals surface area contributed by atoms with Crippen molar-refractivity contribution in [3.05, 3.63) is 0 Å². The predicted molar refractivity (Wildman–Crippen MR) is 46.2 cm³/mol. The van der Waals surface area contributed by atoms with Gasteiger partial charge >= 0.3 is 0 Å². The van der Waals surface area contributed by atoms with Crippen LogP contribution in [0.5, 0.6) is 0 Å². The van der Waals surface area contributed by atoms with Crippen molar-refractivity contribution < 1.29 is 14.6 Å². The second-order valence-electron chi connectivity index (χ2n) is 3.63. The highest BCUT2D eigenvalue weighted by molar-refractivity contribution is 5.82.